The van der Waals surface area contributed by atoms with Gasteiger partial charge in [-0.3, -0.25) is 0 Å². The smallest absolute Gasteiger partial charge is 0.355 e. The van der Waals surface area contributed by atoms with E-state index in [2.05, 4.69) is 0 Å². The van der Waals surface area contributed by atoms with Crippen molar-refractivity contribution in [2.75, 3.05) is 6.61 Å². The number of rotatable bonds is 3. The molecule has 1 heterocycles. The molecule has 3 aromatic rings. The number of para-hydroxylation sites is 1. The minimum absolute atomic E-state index is 0.297. The Labute approximate surface area is 123 Å². The minimum Gasteiger partial charge on any atom is -0.461 e. The van der Waals surface area contributed by atoms with Crippen LogP contribution in [0.1, 0.15) is 23.0 Å². The maximum absolute atomic E-state index is 12.2. The molecular formula is C18H17NO2. The topological polar surface area (TPSA) is 31.2 Å². The highest BCUT2D eigenvalue weighted by atomic mass is 16.5. The molecule has 1 aromatic heterocycles. The maximum atomic E-state index is 12.2. The molecule has 21 heavy (non-hydrogen) atoms. The third-order valence-electron chi connectivity index (χ3n) is 3.49. The summed E-state index contributed by atoms with van der Waals surface area (Å²) in [5.74, 6) is -0.297. The lowest BCUT2D eigenvalue weighted by Gasteiger charge is -2.10. The van der Waals surface area contributed by atoms with Crippen molar-refractivity contribution in [3.05, 3.63) is 65.9 Å². The number of esters is 1. The Kier molecular flexibility index (Phi) is 3.48. The highest BCUT2D eigenvalue weighted by molar-refractivity contribution is 5.97. The molecule has 0 atom stereocenters. The standard InChI is InChI=1S/C18H17NO2/c1-3-21-18(20)17-12-14-6-4-5-7-16(14)19(17)15-10-8-13(2)9-11-15/h4-12H,3H2,1-2H3. The zero-order valence-corrected chi connectivity index (χ0v) is 12.2. The summed E-state index contributed by atoms with van der Waals surface area (Å²) in [6, 6.07) is 18.0. The summed E-state index contributed by atoms with van der Waals surface area (Å²) in [5, 5.41) is 1.03. The number of fused-ring (bicyclic) bond motifs is 1. The first kappa shape index (κ1) is 13.4. The van der Waals surface area contributed by atoms with E-state index in [0.29, 0.717) is 12.3 Å². The van der Waals surface area contributed by atoms with E-state index in [9.17, 15) is 4.79 Å². The Balaban J connectivity index is 2.24. The summed E-state index contributed by atoms with van der Waals surface area (Å²) in [5.41, 5.74) is 3.71. The summed E-state index contributed by atoms with van der Waals surface area (Å²) < 4.78 is 7.13. The van der Waals surface area contributed by atoms with Gasteiger partial charge in [0.25, 0.3) is 0 Å². The van der Waals surface area contributed by atoms with Gasteiger partial charge >= 0.3 is 5.97 Å². The van der Waals surface area contributed by atoms with Crippen molar-refractivity contribution < 1.29 is 9.53 Å². The summed E-state index contributed by atoms with van der Waals surface area (Å²) >= 11 is 0. The third-order valence-corrected chi connectivity index (χ3v) is 3.49. The Morgan fingerprint density at radius 2 is 1.81 bits per heavy atom. The van der Waals surface area contributed by atoms with Gasteiger partial charge < -0.3 is 9.30 Å². The van der Waals surface area contributed by atoms with Crippen molar-refractivity contribution in [1.29, 1.82) is 0 Å². The minimum atomic E-state index is -0.297. The first-order chi connectivity index (χ1) is 10.2. The van der Waals surface area contributed by atoms with Crippen molar-refractivity contribution in [3.8, 4) is 5.69 Å². The second kappa shape index (κ2) is 5.44. The third kappa shape index (κ3) is 2.42. The number of carbonyl (C=O) groups is 1. The van der Waals surface area contributed by atoms with E-state index in [0.717, 1.165) is 16.6 Å². The average Bonchev–Trinajstić information content (AvgIpc) is 2.88. The molecule has 3 heteroatoms. The fourth-order valence-electron chi connectivity index (χ4n) is 2.48. The van der Waals surface area contributed by atoms with Crippen LogP contribution in [0.4, 0.5) is 0 Å². The van der Waals surface area contributed by atoms with Gasteiger partial charge in [-0.15, -0.1) is 0 Å². The summed E-state index contributed by atoms with van der Waals surface area (Å²) in [7, 11) is 0. The highest BCUT2D eigenvalue weighted by Crippen LogP contribution is 2.25. The number of benzene rings is 2. The van der Waals surface area contributed by atoms with Gasteiger partial charge in [-0.25, -0.2) is 4.79 Å². The van der Waals surface area contributed by atoms with Crippen LogP contribution in [0.25, 0.3) is 16.6 Å². The lowest BCUT2D eigenvalue weighted by Crippen LogP contribution is -2.10. The number of hydrogen-bond acceptors (Lipinski definition) is 2. The molecule has 0 aliphatic rings. The summed E-state index contributed by atoms with van der Waals surface area (Å²) in [6.07, 6.45) is 0. The molecule has 0 saturated carbocycles. The second-order valence-corrected chi connectivity index (χ2v) is 4.98. The van der Waals surface area contributed by atoms with Gasteiger partial charge in [0.05, 0.1) is 12.1 Å². The first-order valence-corrected chi connectivity index (χ1v) is 7.05. The fourth-order valence-corrected chi connectivity index (χ4v) is 2.48. The highest BCUT2D eigenvalue weighted by Gasteiger charge is 2.17. The normalized spacial score (nSPS) is 10.8. The van der Waals surface area contributed by atoms with Crippen molar-refractivity contribution in [2.45, 2.75) is 13.8 Å². The molecule has 0 aliphatic carbocycles. The molecule has 0 N–H and O–H groups in total. The van der Waals surface area contributed by atoms with Crippen LogP contribution in [0, 0.1) is 6.92 Å². The molecule has 2 aromatic carbocycles. The van der Waals surface area contributed by atoms with Crippen LogP contribution in [0.5, 0.6) is 0 Å². The molecule has 0 saturated heterocycles. The van der Waals surface area contributed by atoms with Crippen LogP contribution in [0.3, 0.4) is 0 Å². The van der Waals surface area contributed by atoms with Crippen LogP contribution in [-0.4, -0.2) is 17.1 Å². The van der Waals surface area contributed by atoms with Gasteiger partial charge in [0.15, 0.2) is 0 Å². The van der Waals surface area contributed by atoms with Crippen LogP contribution in [-0.2, 0) is 4.74 Å². The molecule has 106 valence electrons. The van der Waals surface area contributed by atoms with Crippen LogP contribution < -0.4 is 0 Å². The summed E-state index contributed by atoms with van der Waals surface area (Å²) in [6.45, 7) is 4.23. The number of carbonyl (C=O) groups excluding carboxylic acids is 1. The molecular weight excluding hydrogens is 262 g/mol. The molecule has 3 rings (SSSR count). The van der Waals surface area contributed by atoms with E-state index in [1.165, 1.54) is 5.56 Å². The maximum Gasteiger partial charge on any atom is 0.355 e. The van der Waals surface area contributed by atoms with Gasteiger partial charge in [0, 0.05) is 11.1 Å². The zero-order valence-electron chi connectivity index (χ0n) is 12.2. The predicted octanol–water partition coefficient (Wildman–Crippen LogP) is 4.12. The molecule has 0 unspecified atom stereocenters. The molecule has 0 spiro atoms. The van der Waals surface area contributed by atoms with Crippen molar-refractivity contribution in [3.63, 3.8) is 0 Å². The van der Waals surface area contributed by atoms with E-state index >= 15 is 0 Å². The van der Waals surface area contributed by atoms with Gasteiger partial charge in [-0.1, -0.05) is 35.9 Å². The van der Waals surface area contributed by atoms with E-state index in [1.54, 1.807) is 0 Å². The number of ether oxygens (including phenoxy) is 1. The Hall–Kier alpha value is -2.55. The number of aryl methyl sites for hydroxylation is 1. The number of aromatic nitrogens is 1. The van der Waals surface area contributed by atoms with Crippen LogP contribution >= 0.6 is 0 Å². The van der Waals surface area contributed by atoms with Gasteiger partial charge in [0.1, 0.15) is 5.69 Å². The average molecular weight is 279 g/mol. The molecule has 0 fully saturated rings. The van der Waals surface area contributed by atoms with Crippen LogP contribution in [0.2, 0.25) is 0 Å². The van der Waals surface area contributed by atoms with E-state index < -0.39 is 0 Å². The largest absolute Gasteiger partial charge is 0.461 e. The Bertz CT molecular complexity index is 785. The first-order valence-electron chi connectivity index (χ1n) is 7.05. The van der Waals surface area contributed by atoms with E-state index in [1.807, 2.05) is 73.0 Å². The molecule has 0 aliphatic heterocycles. The van der Waals surface area contributed by atoms with Gasteiger partial charge in [0.2, 0.25) is 0 Å². The fraction of sp³-hybridized carbons (Fsp3) is 0.167. The quantitative estimate of drug-likeness (QED) is 0.675. The SMILES string of the molecule is CCOC(=O)c1cc2ccccc2n1-c1ccc(C)cc1. The summed E-state index contributed by atoms with van der Waals surface area (Å²) in [4.78, 5) is 12.2. The molecule has 3 nitrogen and oxygen atoms in total. The monoisotopic (exact) mass is 279 g/mol. The van der Waals surface area contributed by atoms with Gasteiger partial charge in [-0.2, -0.15) is 0 Å². The number of nitrogens with zero attached hydrogens (tertiary/aromatic N) is 1. The molecule has 0 bridgehead atoms. The zero-order chi connectivity index (χ0) is 14.8. The van der Waals surface area contributed by atoms with E-state index in [-0.39, 0.29) is 5.97 Å². The predicted molar refractivity (Wildman–Crippen MR) is 84.0 cm³/mol. The molecule has 0 amide bonds. The lowest BCUT2D eigenvalue weighted by atomic mass is 10.2. The van der Waals surface area contributed by atoms with Crippen molar-refractivity contribution in [2.24, 2.45) is 0 Å². The van der Waals surface area contributed by atoms with Crippen molar-refractivity contribution in [1.82, 2.24) is 4.57 Å². The van der Waals surface area contributed by atoms with Crippen molar-refractivity contribution >= 4 is 16.9 Å². The van der Waals surface area contributed by atoms with Crippen LogP contribution in [0.15, 0.2) is 54.6 Å². The van der Waals surface area contributed by atoms with Gasteiger partial charge in [-0.05, 0) is 38.1 Å². The number of hydrogen-bond donors (Lipinski definition) is 0. The second-order valence-electron chi connectivity index (χ2n) is 4.98. The Morgan fingerprint density at radius 1 is 1.10 bits per heavy atom. The Morgan fingerprint density at radius 3 is 2.52 bits per heavy atom. The van der Waals surface area contributed by atoms with E-state index in [4.69, 9.17) is 4.74 Å². The lowest BCUT2D eigenvalue weighted by molar-refractivity contribution is 0.0517. The molecule has 0 radical (unpaired) electrons.